The topological polar surface area (TPSA) is 15.3 Å². The summed E-state index contributed by atoms with van der Waals surface area (Å²) < 4.78 is 0. The molecule has 1 saturated heterocycles. The van der Waals surface area contributed by atoms with Crippen LogP contribution in [0, 0.1) is 0 Å². The molecule has 1 spiro atoms. The molecule has 2 nitrogen and oxygen atoms in total. The highest BCUT2D eigenvalue weighted by Gasteiger charge is 2.38. The van der Waals surface area contributed by atoms with Crippen molar-refractivity contribution in [3.8, 4) is 0 Å². The standard InChI is InChI=1S/C14H28N2/c1-3-4-7-13(2)16-11-10-15-14(12-16)8-5-6-9-14/h13,15H,3-12H2,1-2H3. The molecule has 0 amide bonds. The number of hydrogen-bond donors (Lipinski definition) is 1. The molecular weight excluding hydrogens is 196 g/mol. The van der Waals surface area contributed by atoms with Gasteiger partial charge in [-0.3, -0.25) is 4.90 Å². The molecular formula is C14H28N2. The normalized spacial score (nSPS) is 27.4. The minimum absolute atomic E-state index is 0.499. The minimum atomic E-state index is 0.499. The number of hydrogen-bond acceptors (Lipinski definition) is 2. The first-order valence-electron chi connectivity index (χ1n) is 7.25. The van der Waals surface area contributed by atoms with Crippen LogP contribution in [0.5, 0.6) is 0 Å². The van der Waals surface area contributed by atoms with Gasteiger partial charge < -0.3 is 5.32 Å². The van der Waals surface area contributed by atoms with Crippen molar-refractivity contribution >= 4 is 0 Å². The Labute approximate surface area is 101 Å². The summed E-state index contributed by atoms with van der Waals surface area (Å²) in [6.07, 6.45) is 9.79. The molecule has 0 aromatic heterocycles. The van der Waals surface area contributed by atoms with E-state index in [-0.39, 0.29) is 0 Å². The number of unbranched alkanes of at least 4 members (excludes halogenated alkanes) is 1. The number of nitrogens with one attached hydrogen (secondary N) is 1. The van der Waals surface area contributed by atoms with Crippen LogP contribution in [0.3, 0.4) is 0 Å². The third-order valence-corrected chi connectivity index (χ3v) is 4.56. The van der Waals surface area contributed by atoms with Gasteiger partial charge in [0.1, 0.15) is 0 Å². The van der Waals surface area contributed by atoms with Gasteiger partial charge in [-0.25, -0.2) is 0 Å². The van der Waals surface area contributed by atoms with E-state index >= 15 is 0 Å². The fraction of sp³-hybridized carbons (Fsp3) is 1.00. The second-order valence-electron chi connectivity index (χ2n) is 5.88. The van der Waals surface area contributed by atoms with E-state index in [9.17, 15) is 0 Å². The van der Waals surface area contributed by atoms with Crippen LogP contribution in [0.15, 0.2) is 0 Å². The second-order valence-corrected chi connectivity index (χ2v) is 5.88. The maximum Gasteiger partial charge on any atom is 0.0309 e. The molecule has 2 fully saturated rings. The molecule has 1 heterocycles. The van der Waals surface area contributed by atoms with Gasteiger partial charge >= 0.3 is 0 Å². The molecule has 1 aliphatic heterocycles. The summed E-state index contributed by atoms with van der Waals surface area (Å²) in [5, 5.41) is 3.79. The van der Waals surface area contributed by atoms with Crippen LogP contribution in [0.4, 0.5) is 0 Å². The zero-order chi connectivity index (χ0) is 11.4. The minimum Gasteiger partial charge on any atom is -0.309 e. The molecule has 1 unspecified atom stereocenters. The van der Waals surface area contributed by atoms with Crippen LogP contribution in [0.1, 0.15) is 58.8 Å². The Bertz CT molecular complexity index is 209. The van der Waals surface area contributed by atoms with E-state index in [2.05, 4.69) is 24.1 Å². The molecule has 1 atom stereocenters. The van der Waals surface area contributed by atoms with E-state index in [0.29, 0.717) is 5.54 Å². The van der Waals surface area contributed by atoms with Gasteiger partial charge in [-0.05, 0) is 26.2 Å². The Morgan fingerprint density at radius 2 is 2.06 bits per heavy atom. The summed E-state index contributed by atoms with van der Waals surface area (Å²) in [5.41, 5.74) is 0.499. The molecule has 2 heteroatoms. The van der Waals surface area contributed by atoms with E-state index in [4.69, 9.17) is 0 Å². The van der Waals surface area contributed by atoms with Crippen LogP contribution >= 0.6 is 0 Å². The zero-order valence-corrected chi connectivity index (χ0v) is 11.1. The summed E-state index contributed by atoms with van der Waals surface area (Å²) in [6.45, 7) is 8.48. The van der Waals surface area contributed by atoms with E-state index in [1.54, 1.807) is 0 Å². The lowest BCUT2D eigenvalue weighted by Crippen LogP contribution is -2.60. The van der Waals surface area contributed by atoms with Crippen molar-refractivity contribution < 1.29 is 0 Å². The predicted octanol–water partition coefficient (Wildman–Crippen LogP) is 2.78. The molecule has 16 heavy (non-hydrogen) atoms. The molecule has 1 N–H and O–H groups in total. The van der Waals surface area contributed by atoms with Gasteiger partial charge in [-0.15, -0.1) is 0 Å². The largest absolute Gasteiger partial charge is 0.309 e. The number of rotatable bonds is 4. The van der Waals surface area contributed by atoms with Crippen molar-refractivity contribution in [2.45, 2.75) is 70.4 Å². The summed E-state index contributed by atoms with van der Waals surface area (Å²) in [6, 6.07) is 0.791. The molecule has 2 rings (SSSR count). The van der Waals surface area contributed by atoms with Gasteiger partial charge in [-0.1, -0.05) is 32.6 Å². The average molecular weight is 224 g/mol. The monoisotopic (exact) mass is 224 g/mol. The third kappa shape index (κ3) is 2.78. The zero-order valence-electron chi connectivity index (χ0n) is 11.1. The molecule has 94 valence electrons. The molecule has 0 radical (unpaired) electrons. The van der Waals surface area contributed by atoms with Crippen molar-refractivity contribution in [1.29, 1.82) is 0 Å². The van der Waals surface area contributed by atoms with Crippen LogP contribution < -0.4 is 5.32 Å². The Morgan fingerprint density at radius 1 is 1.31 bits per heavy atom. The Morgan fingerprint density at radius 3 is 2.75 bits per heavy atom. The molecule has 0 bridgehead atoms. The first-order valence-corrected chi connectivity index (χ1v) is 7.25. The molecule has 0 aromatic carbocycles. The van der Waals surface area contributed by atoms with E-state index in [1.807, 2.05) is 0 Å². The fourth-order valence-corrected chi connectivity index (χ4v) is 3.43. The quantitative estimate of drug-likeness (QED) is 0.790. The summed E-state index contributed by atoms with van der Waals surface area (Å²) in [5.74, 6) is 0. The fourth-order valence-electron chi connectivity index (χ4n) is 3.43. The third-order valence-electron chi connectivity index (χ3n) is 4.56. The van der Waals surface area contributed by atoms with Crippen molar-refractivity contribution in [3.63, 3.8) is 0 Å². The molecule has 1 aliphatic carbocycles. The van der Waals surface area contributed by atoms with Crippen molar-refractivity contribution in [2.75, 3.05) is 19.6 Å². The van der Waals surface area contributed by atoms with Gasteiger partial charge in [0.05, 0.1) is 0 Å². The first-order chi connectivity index (χ1) is 7.76. The Balaban J connectivity index is 1.85. The molecule has 1 saturated carbocycles. The highest BCUT2D eigenvalue weighted by Crippen LogP contribution is 2.32. The SMILES string of the molecule is CCCCC(C)N1CCNC2(CCCC2)C1. The smallest absolute Gasteiger partial charge is 0.0309 e. The summed E-state index contributed by atoms with van der Waals surface area (Å²) in [4.78, 5) is 2.73. The number of piperazine rings is 1. The Kier molecular flexibility index (Phi) is 4.26. The van der Waals surface area contributed by atoms with Crippen molar-refractivity contribution in [2.24, 2.45) is 0 Å². The lowest BCUT2D eigenvalue weighted by Gasteiger charge is -2.44. The van der Waals surface area contributed by atoms with Gasteiger partial charge in [0, 0.05) is 31.2 Å². The average Bonchev–Trinajstić information content (AvgIpc) is 2.74. The Hall–Kier alpha value is -0.0800. The van der Waals surface area contributed by atoms with Gasteiger partial charge in [0.15, 0.2) is 0 Å². The molecule has 2 aliphatic rings. The van der Waals surface area contributed by atoms with Crippen molar-refractivity contribution in [3.05, 3.63) is 0 Å². The lowest BCUT2D eigenvalue weighted by molar-refractivity contribution is 0.0958. The lowest BCUT2D eigenvalue weighted by atomic mass is 9.93. The first kappa shape index (κ1) is 12.4. The van der Waals surface area contributed by atoms with Gasteiger partial charge in [0.2, 0.25) is 0 Å². The van der Waals surface area contributed by atoms with E-state index in [1.165, 1.54) is 64.6 Å². The van der Waals surface area contributed by atoms with Gasteiger partial charge in [0.25, 0.3) is 0 Å². The van der Waals surface area contributed by atoms with Crippen LogP contribution in [-0.2, 0) is 0 Å². The highest BCUT2D eigenvalue weighted by molar-refractivity contribution is 4.98. The number of nitrogens with zero attached hydrogens (tertiary/aromatic N) is 1. The molecule has 0 aromatic rings. The second kappa shape index (κ2) is 5.50. The van der Waals surface area contributed by atoms with Crippen LogP contribution in [0.25, 0.3) is 0 Å². The van der Waals surface area contributed by atoms with Crippen molar-refractivity contribution in [1.82, 2.24) is 10.2 Å². The highest BCUT2D eigenvalue weighted by atomic mass is 15.2. The maximum atomic E-state index is 3.79. The van der Waals surface area contributed by atoms with Crippen LogP contribution in [-0.4, -0.2) is 36.1 Å². The summed E-state index contributed by atoms with van der Waals surface area (Å²) in [7, 11) is 0. The predicted molar refractivity (Wildman–Crippen MR) is 69.8 cm³/mol. The summed E-state index contributed by atoms with van der Waals surface area (Å²) >= 11 is 0. The van der Waals surface area contributed by atoms with Crippen LogP contribution in [0.2, 0.25) is 0 Å². The maximum absolute atomic E-state index is 3.79. The van der Waals surface area contributed by atoms with E-state index < -0.39 is 0 Å². The van der Waals surface area contributed by atoms with E-state index in [0.717, 1.165) is 6.04 Å². The van der Waals surface area contributed by atoms with Gasteiger partial charge in [-0.2, -0.15) is 0 Å².